The predicted octanol–water partition coefficient (Wildman–Crippen LogP) is 4.85. The molecular weight excluding hydrogens is 386 g/mol. The molecule has 31 heavy (non-hydrogen) atoms. The summed E-state index contributed by atoms with van der Waals surface area (Å²) < 4.78 is 0. The average Bonchev–Trinajstić information content (AvgIpc) is 2.95. The van der Waals surface area contributed by atoms with Gasteiger partial charge in [0.2, 0.25) is 0 Å². The highest BCUT2D eigenvalue weighted by molar-refractivity contribution is 5.96. The van der Waals surface area contributed by atoms with Crippen LogP contribution >= 0.6 is 0 Å². The lowest BCUT2D eigenvalue weighted by molar-refractivity contribution is 0.0810. The highest BCUT2D eigenvalue weighted by Crippen LogP contribution is 2.27. The van der Waals surface area contributed by atoms with Gasteiger partial charge in [-0.2, -0.15) is 0 Å². The van der Waals surface area contributed by atoms with Crippen LogP contribution in [0.15, 0.2) is 59.5 Å². The maximum absolute atomic E-state index is 13.4. The SMILES string of the molecule is Cc1cc(C(=O)N2CCCCC3=C2C=CC=C=C3)ccc1CNC(=O)N1CCCC1C. The molecule has 4 rings (SSSR count). The van der Waals surface area contributed by atoms with Crippen molar-refractivity contribution >= 4 is 11.9 Å². The number of carbonyl (C=O) groups excluding carboxylic acids is 2. The summed E-state index contributed by atoms with van der Waals surface area (Å²) in [7, 11) is 0. The molecule has 1 aliphatic carbocycles. The van der Waals surface area contributed by atoms with Gasteiger partial charge in [-0.15, -0.1) is 5.73 Å². The Balaban J connectivity index is 1.47. The van der Waals surface area contributed by atoms with Crippen LogP contribution in [-0.4, -0.2) is 40.9 Å². The van der Waals surface area contributed by atoms with Crippen LogP contribution in [0, 0.1) is 6.92 Å². The van der Waals surface area contributed by atoms with Crippen molar-refractivity contribution < 1.29 is 9.59 Å². The van der Waals surface area contributed by atoms with Gasteiger partial charge in [0.15, 0.2) is 0 Å². The van der Waals surface area contributed by atoms with Crippen LogP contribution < -0.4 is 5.32 Å². The van der Waals surface area contributed by atoms with Crippen LogP contribution in [0.4, 0.5) is 4.79 Å². The molecule has 1 aromatic rings. The van der Waals surface area contributed by atoms with E-state index in [1.807, 2.05) is 59.2 Å². The second kappa shape index (κ2) is 9.40. The van der Waals surface area contributed by atoms with Gasteiger partial charge in [-0.05, 0) is 93.0 Å². The Bertz CT molecular complexity index is 998. The Labute approximate surface area is 184 Å². The topological polar surface area (TPSA) is 52.7 Å². The summed E-state index contributed by atoms with van der Waals surface area (Å²) in [6.45, 7) is 6.12. The van der Waals surface area contributed by atoms with Gasteiger partial charge >= 0.3 is 6.03 Å². The number of likely N-dealkylation sites (tertiary alicyclic amines) is 1. The number of urea groups is 1. The molecule has 1 N–H and O–H groups in total. The molecule has 0 saturated carbocycles. The molecule has 1 aromatic carbocycles. The van der Waals surface area contributed by atoms with Gasteiger partial charge in [0.25, 0.3) is 5.91 Å². The van der Waals surface area contributed by atoms with E-state index < -0.39 is 0 Å². The van der Waals surface area contributed by atoms with Crippen LogP contribution in [-0.2, 0) is 6.54 Å². The summed E-state index contributed by atoms with van der Waals surface area (Å²) in [5.41, 5.74) is 8.06. The largest absolute Gasteiger partial charge is 0.334 e. The van der Waals surface area contributed by atoms with E-state index in [9.17, 15) is 9.59 Å². The van der Waals surface area contributed by atoms with E-state index in [2.05, 4.69) is 18.0 Å². The first-order valence-electron chi connectivity index (χ1n) is 11.3. The molecule has 162 valence electrons. The highest BCUT2D eigenvalue weighted by atomic mass is 16.2. The molecule has 2 aliphatic heterocycles. The number of carbonyl (C=O) groups is 2. The monoisotopic (exact) mass is 417 g/mol. The molecule has 0 radical (unpaired) electrons. The number of aryl methyl sites for hydroxylation is 1. The summed E-state index contributed by atoms with van der Waals surface area (Å²) in [5, 5.41) is 3.04. The molecule has 3 amide bonds. The Kier molecular flexibility index (Phi) is 6.43. The van der Waals surface area contributed by atoms with Crippen LogP contribution in [0.3, 0.4) is 0 Å². The van der Waals surface area contributed by atoms with Crippen LogP contribution in [0.25, 0.3) is 0 Å². The maximum Gasteiger partial charge on any atom is 0.317 e. The summed E-state index contributed by atoms with van der Waals surface area (Å²) in [4.78, 5) is 29.7. The Morgan fingerprint density at radius 1 is 1.19 bits per heavy atom. The molecule has 0 aromatic heterocycles. The Morgan fingerprint density at radius 2 is 2.06 bits per heavy atom. The van der Waals surface area contributed by atoms with Crippen molar-refractivity contribution in [3.63, 3.8) is 0 Å². The van der Waals surface area contributed by atoms with E-state index in [1.165, 1.54) is 5.57 Å². The summed E-state index contributed by atoms with van der Waals surface area (Å²) in [6.07, 6.45) is 13.0. The second-order valence-electron chi connectivity index (χ2n) is 8.65. The highest BCUT2D eigenvalue weighted by Gasteiger charge is 2.25. The summed E-state index contributed by atoms with van der Waals surface area (Å²) in [6, 6.07) is 6.09. The third-order valence-electron chi connectivity index (χ3n) is 6.48. The van der Waals surface area contributed by atoms with Crippen molar-refractivity contribution in [1.82, 2.24) is 15.1 Å². The van der Waals surface area contributed by atoms with E-state index in [1.54, 1.807) is 0 Å². The molecule has 5 nitrogen and oxygen atoms in total. The molecule has 0 bridgehead atoms. The molecule has 1 saturated heterocycles. The third kappa shape index (κ3) is 4.67. The Hall–Kier alpha value is -3.04. The zero-order valence-electron chi connectivity index (χ0n) is 18.5. The first kappa shape index (κ1) is 21.2. The number of benzene rings is 1. The van der Waals surface area contributed by atoms with Crippen LogP contribution in [0.5, 0.6) is 0 Å². The fourth-order valence-electron chi connectivity index (χ4n) is 4.60. The fourth-order valence-corrected chi connectivity index (χ4v) is 4.60. The zero-order valence-corrected chi connectivity index (χ0v) is 18.5. The maximum atomic E-state index is 13.4. The lowest BCUT2D eigenvalue weighted by Crippen LogP contribution is -2.41. The quantitative estimate of drug-likeness (QED) is 0.715. The van der Waals surface area contributed by atoms with Crippen molar-refractivity contribution in [2.24, 2.45) is 0 Å². The van der Waals surface area contributed by atoms with Gasteiger partial charge in [0, 0.05) is 36.9 Å². The first-order valence-corrected chi connectivity index (χ1v) is 11.3. The van der Waals surface area contributed by atoms with E-state index in [4.69, 9.17) is 0 Å². The van der Waals surface area contributed by atoms with Gasteiger partial charge < -0.3 is 15.1 Å². The van der Waals surface area contributed by atoms with Crippen LogP contribution in [0.2, 0.25) is 0 Å². The smallest absolute Gasteiger partial charge is 0.317 e. The van der Waals surface area contributed by atoms with Gasteiger partial charge in [0.05, 0.1) is 0 Å². The van der Waals surface area contributed by atoms with Crippen molar-refractivity contribution in [2.75, 3.05) is 13.1 Å². The summed E-state index contributed by atoms with van der Waals surface area (Å²) >= 11 is 0. The van der Waals surface area contributed by atoms with Gasteiger partial charge in [-0.1, -0.05) is 12.1 Å². The molecule has 0 spiro atoms. The van der Waals surface area contributed by atoms with E-state index in [0.717, 1.165) is 62.0 Å². The number of nitrogens with zero attached hydrogens (tertiary/aromatic N) is 2. The fraction of sp³-hybridized carbons (Fsp3) is 0.423. The van der Waals surface area contributed by atoms with Crippen molar-refractivity contribution in [3.8, 4) is 0 Å². The number of hydrogen-bond acceptors (Lipinski definition) is 2. The Morgan fingerprint density at radius 3 is 2.84 bits per heavy atom. The molecule has 2 heterocycles. The van der Waals surface area contributed by atoms with Crippen LogP contribution in [0.1, 0.15) is 60.5 Å². The molecule has 1 unspecified atom stereocenters. The third-order valence-corrected chi connectivity index (χ3v) is 6.48. The molecule has 1 fully saturated rings. The first-order chi connectivity index (χ1) is 15.0. The second-order valence-corrected chi connectivity index (χ2v) is 8.65. The minimum atomic E-state index is -0.00426. The molecule has 3 aliphatic rings. The minimum Gasteiger partial charge on any atom is -0.334 e. The molecular formula is C26H31N3O2. The van der Waals surface area contributed by atoms with Gasteiger partial charge in [0.1, 0.15) is 0 Å². The van der Waals surface area contributed by atoms with E-state index >= 15 is 0 Å². The lowest BCUT2D eigenvalue weighted by Gasteiger charge is -2.24. The van der Waals surface area contributed by atoms with Gasteiger partial charge in [-0.25, -0.2) is 4.79 Å². The molecule has 5 heteroatoms. The number of nitrogens with one attached hydrogen (secondary N) is 1. The average molecular weight is 418 g/mol. The predicted molar refractivity (Wildman–Crippen MR) is 123 cm³/mol. The number of amides is 3. The van der Waals surface area contributed by atoms with Gasteiger partial charge in [-0.3, -0.25) is 4.79 Å². The van der Waals surface area contributed by atoms with Crippen molar-refractivity contribution in [1.29, 1.82) is 0 Å². The number of rotatable bonds is 3. The summed E-state index contributed by atoms with van der Waals surface area (Å²) in [5.74, 6) is 0.0268. The zero-order chi connectivity index (χ0) is 21.8. The van der Waals surface area contributed by atoms with Crippen molar-refractivity contribution in [3.05, 3.63) is 76.2 Å². The van der Waals surface area contributed by atoms with Crippen molar-refractivity contribution in [2.45, 2.75) is 58.5 Å². The van der Waals surface area contributed by atoms with E-state index in [-0.39, 0.29) is 11.9 Å². The minimum absolute atomic E-state index is 0.00426. The normalized spacial score (nSPS) is 20.5. The lowest BCUT2D eigenvalue weighted by atomic mass is 10.0. The standard InChI is InChI=1S/C26H31N3O2/c1-19-17-22(13-14-23(19)18-27-26(31)28-16-8-9-20(28)2)25(30)29-15-7-6-11-21-10-4-3-5-12-24(21)29/h3,5,10,12-14,17,20H,6-9,11,15-16,18H2,1-2H3,(H,27,31). The van der Waals surface area contributed by atoms with E-state index in [0.29, 0.717) is 18.2 Å². The number of hydrogen-bond donors (Lipinski definition) is 1. The molecule has 1 atom stereocenters. The number of allylic oxidation sites excluding steroid dienone is 4.